The maximum absolute atomic E-state index is 12.6. The molecule has 0 aromatic rings. The highest BCUT2D eigenvalue weighted by Gasteiger charge is 2.08. The summed E-state index contributed by atoms with van der Waals surface area (Å²) in [7, 11) is 0. The van der Waals surface area contributed by atoms with E-state index >= 15 is 0 Å². The van der Waals surface area contributed by atoms with Crippen molar-refractivity contribution in [2.45, 2.75) is 39.8 Å². The lowest BCUT2D eigenvalue weighted by atomic mass is 10.1. The second-order valence-corrected chi connectivity index (χ2v) is 2.54. The van der Waals surface area contributed by atoms with Crippen molar-refractivity contribution >= 4 is 0 Å². The van der Waals surface area contributed by atoms with Crippen molar-refractivity contribution < 1.29 is 8.78 Å². The summed E-state index contributed by atoms with van der Waals surface area (Å²) < 4.78 is 25.1. The van der Waals surface area contributed by atoms with E-state index in [4.69, 9.17) is 0 Å². The zero-order chi connectivity index (χ0) is 9.56. The lowest BCUT2D eigenvalue weighted by molar-refractivity contribution is 0.380. The van der Waals surface area contributed by atoms with Gasteiger partial charge in [0.25, 0.3) is 0 Å². The molecule has 70 valence electrons. The predicted molar refractivity (Wildman–Crippen MR) is 48.4 cm³/mol. The lowest BCUT2D eigenvalue weighted by Gasteiger charge is -1.98. The molecule has 1 unspecified atom stereocenters. The van der Waals surface area contributed by atoms with Crippen molar-refractivity contribution in [2.75, 3.05) is 0 Å². The van der Waals surface area contributed by atoms with Crippen LogP contribution in [0.1, 0.15) is 33.6 Å². The van der Waals surface area contributed by atoms with Crippen LogP contribution in [0.4, 0.5) is 8.78 Å². The second-order valence-electron chi connectivity index (χ2n) is 2.54. The largest absolute Gasteiger partial charge is 0.243 e. The number of rotatable bonds is 0. The Labute approximate surface area is 73.0 Å². The summed E-state index contributed by atoms with van der Waals surface area (Å²) in [5.74, 6) is -0.278. The van der Waals surface area contributed by atoms with E-state index in [9.17, 15) is 8.78 Å². The smallest absolute Gasteiger partial charge is 0.121 e. The second kappa shape index (κ2) is 5.92. The van der Waals surface area contributed by atoms with E-state index in [0.717, 1.165) is 0 Å². The molecule has 0 radical (unpaired) electrons. The Kier molecular flexibility index (Phi) is 5.60. The molecule has 0 saturated carbocycles. The Bertz CT molecular complexity index is 180. The first-order valence-electron chi connectivity index (χ1n) is 4.37. The SMILES string of the molecule is CC.CC1=C(F)C=CC(F)CC1. The topological polar surface area (TPSA) is 0 Å². The molecule has 0 bridgehead atoms. The van der Waals surface area contributed by atoms with Gasteiger partial charge in [0.2, 0.25) is 0 Å². The first-order chi connectivity index (χ1) is 5.70. The fourth-order valence-electron chi connectivity index (χ4n) is 0.901. The van der Waals surface area contributed by atoms with Gasteiger partial charge in [0.1, 0.15) is 12.0 Å². The van der Waals surface area contributed by atoms with Gasteiger partial charge >= 0.3 is 0 Å². The molecule has 0 spiro atoms. The van der Waals surface area contributed by atoms with Gasteiger partial charge in [0.15, 0.2) is 0 Å². The molecule has 0 N–H and O–H groups in total. The molecule has 0 aromatic carbocycles. The highest BCUT2D eigenvalue weighted by molar-refractivity contribution is 5.21. The van der Waals surface area contributed by atoms with Gasteiger partial charge in [-0.15, -0.1) is 0 Å². The van der Waals surface area contributed by atoms with Gasteiger partial charge in [-0.1, -0.05) is 13.8 Å². The Hall–Kier alpha value is -0.660. The first-order valence-corrected chi connectivity index (χ1v) is 4.37. The van der Waals surface area contributed by atoms with Gasteiger partial charge in [-0.25, -0.2) is 8.78 Å². The summed E-state index contributed by atoms with van der Waals surface area (Å²) in [5.41, 5.74) is 0.649. The van der Waals surface area contributed by atoms with Crippen LogP contribution in [0.5, 0.6) is 0 Å². The van der Waals surface area contributed by atoms with Gasteiger partial charge < -0.3 is 0 Å². The molecule has 0 saturated heterocycles. The summed E-state index contributed by atoms with van der Waals surface area (Å²) in [5, 5.41) is 0. The monoisotopic (exact) mass is 174 g/mol. The van der Waals surface area contributed by atoms with E-state index in [1.54, 1.807) is 6.92 Å². The molecule has 0 fully saturated rings. The standard InChI is InChI=1S/C8H10F2.C2H6/c1-6-2-3-7(9)4-5-8(6)10;1-2/h4-5,7H,2-3H2,1H3;1-2H3. The number of allylic oxidation sites excluding steroid dienone is 4. The number of hydrogen-bond donors (Lipinski definition) is 0. The normalized spacial score (nSPS) is 22.9. The maximum atomic E-state index is 12.6. The molecule has 1 rings (SSSR count). The molecule has 1 atom stereocenters. The van der Waals surface area contributed by atoms with Gasteiger partial charge in [0, 0.05) is 0 Å². The average molecular weight is 174 g/mol. The first kappa shape index (κ1) is 11.3. The zero-order valence-electron chi connectivity index (χ0n) is 7.90. The minimum absolute atomic E-state index is 0.278. The molecule has 0 aliphatic heterocycles. The summed E-state index contributed by atoms with van der Waals surface area (Å²) in [6.07, 6.45) is 2.46. The summed E-state index contributed by atoms with van der Waals surface area (Å²) >= 11 is 0. The molecular formula is C10H16F2. The predicted octanol–water partition coefficient (Wildman–Crippen LogP) is 3.94. The highest BCUT2D eigenvalue weighted by atomic mass is 19.1. The van der Waals surface area contributed by atoms with Crippen LogP contribution < -0.4 is 0 Å². The maximum Gasteiger partial charge on any atom is 0.121 e. The lowest BCUT2D eigenvalue weighted by Crippen LogP contribution is -1.92. The molecule has 12 heavy (non-hydrogen) atoms. The van der Waals surface area contributed by atoms with E-state index in [1.165, 1.54) is 12.2 Å². The summed E-state index contributed by atoms with van der Waals surface area (Å²) in [4.78, 5) is 0. The Morgan fingerprint density at radius 1 is 1.42 bits per heavy atom. The molecule has 2 heteroatoms. The van der Waals surface area contributed by atoms with Crippen molar-refractivity contribution in [2.24, 2.45) is 0 Å². The number of hydrogen-bond acceptors (Lipinski definition) is 0. The average Bonchev–Trinajstić information content (AvgIpc) is 2.24. The summed E-state index contributed by atoms with van der Waals surface area (Å²) in [6.45, 7) is 5.69. The molecule has 0 nitrogen and oxygen atoms in total. The van der Waals surface area contributed by atoms with Gasteiger partial charge in [0.05, 0.1) is 0 Å². The molecule has 1 aliphatic rings. The van der Waals surface area contributed by atoms with Crippen molar-refractivity contribution in [1.82, 2.24) is 0 Å². The zero-order valence-corrected chi connectivity index (χ0v) is 7.90. The Balaban J connectivity index is 0.000000561. The quantitative estimate of drug-likeness (QED) is 0.521. The van der Waals surface area contributed by atoms with Crippen LogP contribution in [0.2, 0.25) is 0 Å². The van der Waals surface area contributed by atoms with E-state index in [0.29, 0.717) is 18.4 Å². The van der Waals surface area contributed by atoms with Crippen molar-refractivity contribution in [1.29, 1.82) is 0 Å². The Morgan fingerprint density at radius 2 is 2.00 bits per heavy atom. The minimum atomic E-state index is -0.969. The molecule has 1 aliphatic carbocycles. The molecular weight excluding hydrogens is 158 g/mol. The van der Waals surface area contributed by atoms with E-state index < -0.39 is 6.17 Å². The van der Waals surface area contributed by atoms with Crippen molar-refractivity contribution in [3.63, 3.8) is 0 Å². The van der Waals surface area contributed by atoms with Gasteiger partial charge in [-0.05, 0) is 37.5 Å². The summed E-state index contributed by atoms with van der Waals surface area (Å²) in [6, 6.07) is 0. The number of alkyl halides is 1. The van der Waals surface area contributed by atoms with Gasteiger partial charge in [-0.3, -0.25) is 0 Å². The molecule has 0 amide bonds. The highest BCUT2D eigenvalue weighted by Crippen LogP contribution is 2.20. The van der Waals surface area contributed by atoms with E-state index in [-0.39, 0.29) is 5.83 Å². The van der Waals surface area contributed by atoms with Crippen molar-refractivity contribution in [3.05, 3.63) is 23.6 Å². The molecule has 0 heterocycles. The van der Waals surface area contributed by atoms with E-state index in [2.05, 4.69) is 0 Å². The van der Waals surface area contributed by atoms with Crippen LogP contribution >= 0.6 is 0 Å². The van der Waals surface area contributed by atoms with E-state index in [1.807, 2.05) is 13.8 Å². The van der Waals surface area contributed by atoms with Crippen LogP contribution in [0, 0.1) is 0 Å². The van der Waals surface area contributed by atoms with Crippen LogP contribution in [-0.2, 0) is 0 Å². The van der Waals surface area contributed by atoms with Gasteiger partial charge in [-0.2, -0.15) is 0 Å². The third-order valence-electron chi connectivity index (χ3n) is 1.65. The van der Waals surface area contributed by atoms with Crippen LogP contribution in [0.25, 0.3) is 0 Å². The van der Waals surface area contributed by atoms with Crippen LogP contribution in [0.15, 0.2) is 23.6 Å². The molecule has 0 aromatic heterocycles. The fourth-order valence-corrected chi connectivity index (χ4v) is 0.901. The van der Waals surface area contributed by atoms with Crippen molar-refractivity contribution in [3.8, 4) is 0 Å². The minimum Gasteiger partial charge on any atom is -0.243 e. The van der Waals surface area contributed by atoms with Crippen LogP contribution in [0.3, 0.4) is 0 Å². The Morgan fingerprint density at radius 3 is 2.58 bits per heavy atom. The third kappa shape index (κ3) is 3.65. The number of halogens is 2. The fraction of sp³-hybridized carbons (Fsp3) is 0.600. The third-order valence-corrected chi connectivity index (χ3v) is 1.65. The van der Waals surface area contributed by atoms with Crippen LogP contribution in [-0.4, -0.2) is 6.17 Å².